The van der Waals surface area contributed by atoms with E-state index in [0.717, 1.165) is 6.61 Å². The Morgan fingerprint density at radius 3 is 2.09 bits per heavy atom. The molecule has 10 nitrogen and oxygen atoms in total. The molecule has 2 saturated heterocycles. The number of ether oxygens (including phenoxy) is 2. The Hall–Kier alpha value is -0.400. The summed E-state index contributed by atoms with van der Waals surface area (Å²) in [6.45, 7) is -0.706. The van der Waals surface area contributed by atoms with Crippen LogP contribution in [-0.4, -0.2) is 108 Å². The molecule has 2 heterocycles. The highest BCUT2D eigenvalue weighted by Crippen LogP contribution is 2.38. The van der Waals surface area contributed by atoms with Crippen LogP contribution >= 0.6 is 0 Å². The highest BCUT2D eigenvalue weighted by Gasteiger charge is 2.62. The van der Waals surface area contributed by atoms with Crippen LogP contribution in [-0.2, 0) is 9.47 Å². The van der Waals surface area contributed by atoms with Gasteiger partial charge in [0.2, 0.25) is 0 Å². The molecule has 0 unspecified atom stereocenters. The summed E-state index contributed by atoms with van der Waals surface area (Å²) in [5.41, 5.74) is -2.49. The molecule has 2 fully saturated rings. The number of hydrogen-bond acceptors (Lipinski definition) is 10. The predicted molar refractivity (Wildman–Crippen MR) is 67.0 cm³/mol. The second-order valence-corrected chi connectivity index (χ2v) is 5.52. The first-order valence-corrected chi connectivity index (χ1v) is 6.77. The minimum absolute atomic E-state index is 0.729. The Kier molecular flexibility index (Phi) is 5.39. The van der Waals surface area contributed by atoms with Crippen molar-refractivity contribution >= 4 is 0 Å². The van der Waals surface area contributed by atoms with E-state index >= 15 is 0 Å². The molecule has 2 aliphatic heterocycles. The maximum absolute atomic E-state index is 10.7. The van der Waals surface area contributed by atoms with Crippen LogP contribution < -0.4 is 0 Å². The largest absolute Gasteiger partial charge is 0.394 e. The van der Waals surface area contributed by atoms with Crippen LogP contribution in [0.1, 0.15) is 0 Å². The van der Waals surface area contributed by atoms with Gasteiger partial charge in [-0.25, -0.2) is 0 Å². The minimum atomic E-state index is -2.49. The van der Waals surface area contributed by atoms with Crippen molar-refractivity contribution < 1.29 is 50.3 Å². The van der Waals surface area contributed by atoms with Gasteiger partial charge in [0.1, 0.15) is 61.0 Å². The van der Waals surface area contributed by atoms with E-state index in [0.29, 0.717) is 0 Å². The van der Waals surface area contributed by atoms with Crippen molar-refractivity contribution in [3.05, 3.63) is 6.61 Å². The van der Waals surface area contributed by atoms with E-state index < -0.39 is 67.6 Å². The Morgan fingerprint density at radius 1 is 0.909 bits per heavy atom. The molecular formula is C12H21O10. The van der Waals surface area contributed by atoms with E-state index in [-0.39, 0.29) is 0 Å². The number of rotatable bonds is 3. The van der Waals surface area contributed by atoms with Crippen molar-refractivity contribution in [2.24, 2.45) is 0 Å². The molecule has 10 heteroatoms. The summed E-state index contributed by atoms with van der Waals surface area (Å²) in [5.74, 6) is 0. The van der Waals surface area contributed by atoms with Gasteiger partial charge in [-0.15, -0.1) is 0 Å². The number of aliphatic hydroxyl groups is 8. The third-order valence-electron chi connectivity index (χ3n) is 4.21. The molecule has 0 spiro atoms. The fourth-order valence-electron chi connectivity index (χ4n) is 2.85. The van der Waals surface area contributed by atoms with Gasteiger partial charge in [0, 0.05) is 0 Å². The second-order valence-electron chi connectivity index (χ2n) is 5.52. The lowest BCUT2D eigenvalue weighted by Gasteiger charge is -2.53. The van der Waals surface area contributed by atoms with Crippen LogP contribution in [0.4, 0.5) is 0 Å². The third kappa shape index (κ3) is 2.65. The quantitative estimate of drug-likeness (QED) is 0.250. The van der Waals surface area contributed by atoms with Crippen LogP contribution in [0.25, 0.3) is 0 Å². The predicted octanol–water partition coefficient (Wildman–Crippen LogP) is -5.17. The topological polar surface area (TPSA) is 180 Å². The minimum Gasteiger partial charge on any atom is -0.394 e. The zero-order valence-electron chi connectivity index (χ0n) is 11.5. The van der Waals surface area contributed by atoms with Crippen molar-refractivity contribution in [1.82, 2.24) is 0 Å². The normalized spacial score (nSPS) is 53.5. The smallest absolute Gasteiger partial charge is 0.150 e. The lowest BCUT2D eigenvalue weighted by molar-refractivity contribution is -0.325. The lowest BCUT2D eigenvalue weighted by atomic mass is 9.75. The highest BCUT2D eigenvalue weighted by molar-refractivity contribution is 5.12. The number of aliphatic hydroxyl groups excluding tert-OH is 7. The summed E-state index contributed by atoms with van der Waals surface area (Å²) in [4.78, 5) is 0. The first kappa shape index (κ1) is 17.9. The first-order chi connectivity index (χ1) is 10.3. The van der Waals surface area contributed by atoms with E-state index in [1.165, 1.54) is 0 Å². The van der Waals surface area contributed by atoms with Crippen molar-refractivity contribution in [2.45, 2.75) is 54.4 Å². The summed E-state index contributed by atoms with van der Waals surface area (Å²) < 4.78 is 10.1. The van der Waals surface area contributed by atoms with Crippen molar-refractivity contribution in [3.63, 3.8) is 0 Å². The maximum atomic E-state index is 10.7. The van der Waals surface area contributed by atoms with Crippen molar-refractivity contribution in [1.29, 1.82) is 0 Å². The van der Waals surface area contributed by atoms with E-state index in [2.05, 4.69) is 0 Å². The van der Waals surface area contributed by atoms with Crippen LogP contribution in [0.5, 0.6) is 0 Å². The fourth-order valence-corrected chi connectivity index (χ4v) is 2.85. The summed E-state index contributed by atoms with van der Waals surface area (Å²) >= 11 is 0. The molecule has 0 aliphatic carbocycles. The van der Waals surface area contributed by atoms with E-state index in [9.17, 15) is 35.7 Å². The summed E-state index contributed by atoms with van der Waals surface area (Å²) in [6, 6.07) is 0. The maximum Gasteiger partial charge on any atom is 0.150 e. The van der Waals surface area contributed by atoms with Gasteiger partial charge in [0.15, 0.2) is 0 Å². The molecule has 2 aliphatic rings. The molecular weight excluding hydrogens is 304 g/mol. The van der Waals surface area contributed by atoms with E-state index in [1.54, 1.807) is 0 Å². The molecule has 0 bridgehead atoms. The van der Waals surface area contributed by atoms with E-state index in [1.807, 2.05) is 0 Å². The van der Waals surface area contributed by atoms with Crippen LogP contribution in [0, 0.1) is 6.61 Å². The third-order valence-corrected chi connectivity index (χ3v) is 4.21. The van der Waals surface area contributed by atoms with Crippen molar-refractivity contribution in [3.8, 4) is 0 Å². The molecule has 0 amide bonds. The summed E-state index contributed by atoms with van der Waals surface area (Å²) in [5, 5.41) is 78.4. The lowest BCUT2D eigenvalue weighted by Crippen LogP contribution is -2.75. The van der Waals surface area contributed by atoms with E-state index in [4.69, 9.17) is 14.6 Å². The Balaban J connectivity index is 2.36. The van der Waals surface area contributed by atoms with Gasteiger partial charge in [-0.1, -0.05) is 0 Å². The Bertz CT molecular complexity index is 375. The van der Waals surface area contributed by atoms with Gasteiger partial charge in [-0.05, 0) is 0 Å². The zero-order chi connectivity index (χ0) is 16.7. The molecule has 9 atom stereocenters. The molecule has 1 radical (unpaired) electrons. The monoisotopic (exact) mass is 325 g/mol. The van der Waals surface area contributed by atoms with Gasteiger partial charge in [0.05, 0.1) is 13.2 Å². The molecule has 22 heavy (non-hydrogen) atoms. The standard InChI is InChI=1S/C12H21O10/c13-1-5-7(16)8(17)9(18)11(22-5)12(20)6(2-14)21-3-4(15)10(12)19/h3-11,13-20H,1-2H2/t4-,5+,6+,7+,8-,9+,10+,11+,12+/m0/s1. The van der Waals surface area contributed by atoms with Crippen molar-refractivity contribution in [2.75, 3.05) is 13.2 Å². The number of hydrogen-bond donors (Lipinski definition) is 8. The second kappa shape index (κ2) is 6.61. The average Bonchev–Trinajstić information content (AvgIpc) is 2.51. The fraction of sp³-hybridized carbons (Fsp3) is 0.917. The molecule has 2 rings (SSSR count). The first-order valence-electron chi connectivity index (χ1n) is 6.77. The molecule has 8 N–H and O–H groups in total. The van der Waals surface area contributed by atoms with Gasteiger partial charge in [0.25, 0.3) is 0 Å². The SMILES string of the molecule is OC[C@H]1O[C@@H]([C@]2(O)[C@H](O)[C@@H](O)[CH]O[C@@H]2CO)[C@H](O)[C@@H](O)[C@@H]1O. The molecule has 129 valence electrons. The zero-order valence-corrected chi connectivity index (χ0v) is 11.5. The van der Waals surface area contributed by atoms with Crippen LogP contribution in [0.15, 0.2) is 0 Å². The molecule has 0 aromatic carbocycles. The Morgan fingerprint density at radius 2 is 1.55 bits per heavy atom. The van der Waals surface area contributed by atoms with Gasteiger partial charge >= 0.3 is 0 Å². The molecule has 0 aromatic heterocycles. The van der Waals surface area contributed by atoms with Gasteiger partial charge in [-0.3, -0.25) is 0 Å². The average molecular weight is 325 g/mol. The van der Waals surface area contributed by atoms with Crippen LogP contribution in [0.2, 0.25) is 0 Å². The summed E-state index contributed by atoms with van der Waals surface area (Å²) in [7, 11) is 0. The molecule has 0 saturated carbocycles. The Labute approximate surface area is 125 Å². The summed E-state index contributed by atoms with van der Waals surface area (Å²) in [6.07, 6.45) is -13.4. The van der Waals surface area contributed by atoms with Crippen LogP contribution in [0.3, 0.4) is 0 Å². The molecule has 0 aromatic rings. The van der Waals surface area contributed by atoms with Gasteiger partial charge < -0.3 is 50.3 Å². The van der Waals surface area contributed by atoms with Gasteiger partial charge in [-0.2, -0.15) is 0 Å². The highest BCUT2D eigenvalue weighted by atomic mass is 16.6.